The van der Waals surface area contributed by atoms with Crippen LogP contribution >= 0.6 is 0 Å². The van der Waals surface area contributed by atoms with E-state index in [9.17, 15) is 9.59 Å². The zero-order chi connectivity index (χ0) is 18.4. The molecule has 0 atom stereocenters. The number of para-hydroxylation sites is 1. The van der Waals surface area contributed by atoms with E-state index < -0.39 is 0 Å². The van der Waals surface area contributed by atoms with Crippen molar-refractivity contribution in [2.75, 3.05) is 11.4 Å². The third kappa shape index (κ3) is 2.29. The van der Waals surface area contributed by atoms with Gasteiger partial charge in [0.15, 0.2) is 5.65 Å². The predicted octanol–water partition coefficient (Wildman–Crippen LogP) is 2.28. The molecule has 0 fully saturated rings. The summed E-state index contributed by atoms with van der Waals surface area (Å²) in [5.74, 6) is 0. The van der Waals surface area contributed by atoms with Crippen LogP contribution < -0.4 is 16.1 Å². The summed E-state index contributed by atoms with van der Waals surface area (Å²) in [6.07, 6.45) is 4.63. The summed E-state index contributed by atoms with van der Waals surface area (Å²) in [6, 6.07) is 8.33. The molecule has 0 aliphatic carbocycles. The lowest BCUT2D eigenvalue weighted by Gasteiger charge is -2.33. The topological polar surface area (TPSA) is 60.1 Å². The molecule has 0 amide bonds. The Kier molecular flexibility index (Phi) is 3.90. The summed E-state index contributed by atoms with van der Waals surface area (Å²) in [7, 11) is 3.19. The molecule has 1 aromatic carbocycles. The number of pyridine rings is 1. The minimum absolute atomic E-state index is 0.288. The minimum atomic E-state index is -0.357. The smallest absolute Gasteiger partial charge is 0.332 e. The van der Waals surface area contributed by atoms with Crippen LogP contribution in [0.3, 0.4) is 0 Å². The maximum Gasteiger partial charge on any atom is 0.332 e. The predicted molar refractivity (Wildman–Crippen MR) is 103 cm³/mol. The second kappa shape index (κ2) is 6.12. The zero-order valence-electron chi connectivity index (χ0n) is 15.3. The molecule has 0 unspecified atom stereocenters. The Hall–Kier alpha value is -2.89. The second-order valence-electron chi connectivity index (χ2n) is 6.77. The van der Waals surface area contributed by atoms with Crippen LogP contribution in [0, 0.1) is 0 Å². The largest absolute Gasteiger partial charge is 0.340 e. The molecule has 1 aliphatic rings. The van der Waals surface area contributed by atoms with Crippen molar-refractivity contribution >= 4 is 22.4 Å². The van der Waals surface area contributed by atoms with Crippen LogP contribution in [-0.4, -0.2) is 20.7 Å². The van der Waals surface area contributed by atoms with Gasteiger partial charge in [-0.25, -0.2) is 9.78 Å². The summed E-state index contributed by atoms with van der Waals surface area (Å²) >= 11 is 0. The number of aromatic nitrogens is 3. The van der Waals surface area contributed by atoms with Crippen LogP contribution in [0.5, 0.6) is 0 Å². The molecule has 0 spiro atoms. The molecule has 0 N–H and O–H groups in total. The molecule has 0 saturated carbocycles. The van der Waals surface area contributed by atoms with E-state index in [0.29, 0.717) is 11.0 Å². The second-order valence-corrected chi connectivity index (χ2v) is 6.77. The number of hydrogen-bond acceptors (Lipinski definition) is 4. The van der Waals surface area contributed by atoms with Crippen molar-refractivity contribution in [3.05, 3.63) is 62.4 Å². The summed E-state index contributed by atoms with van der Waals surface area (Å²) in [6.45, 7) is 2.91. The number of benzene rings is 1. The van der Waals surface area contributed by atoms with Crippen LogP contribution in [0.1, 0.15) is 24.5 Å². The van der Waals surface area contributed by atoms with Gasteiger partial charge in [0.05, 0.1) is 5.69 Å². The molecule has 2 aromatic heterocycles. The number of rotatable bonds is 2. The van der Waals surface area contributed by atoms with Crippen LogP contribution in [0.25, 0.3) is 11.0 Å². The van der Waals surface area contributed by atoms with Crippen molar-refractivity contribution in [1.82, 2.24) is 14.1 Å². The summed E-state index contributed by atoms with van der Waals surface area (Å²) in [4.78, 5) is 32.0. The first-order chi connectivity index (χ1) is 12.5. The van der Waals surface area contributed by atoms with Crippen molar-refractivity contribution in [3.63, 3.8) is 0 Å². The summed E-state index contributed by atoms with van der Waals surface area (Å²) in [5, 5.41) is 0.519. The monoisotopic (exact) mass is 350 g/mol. The van der Waals surface area contributed by atoms with Crippen molar-refractivity contribution in [3.8, 4) is 0 Å². The maximum absolute atomic E-state index is 13.0. The Morgan fingerprint density at radius 3 is 2.65 bits per heavy atom. The number of anilines is 2. The van der Waals surface area contributed by atoms with Crippen LogP contribution in [0.4, 0.5) is 11.4 Å². The van der Waals surface area contributed by atoms with Crippen molar-refractivity contribution < 1.29 is 0 Å². The van der Waals surface area contributed by atoms with Gasteiger partial charge in [-0.15, -0.1) is 0 Å². The molecule has 1 aliphatic heterocycles. The van der Waals surface area contributed by atoms with E-state index in [4.69, 9.17) is 0 Å². The molecular weight excluding hydrogens is 328 g/mol. The van der Waals surface area contributed by atoms with Crippen LogP contribution in [0.2, 0.25) is 0 Å². The van der Waals surface area contributed by atoms with Gasteiger partial charge in [0.25, 0.3) is 5.56 Å². The van der Waals surface area contributed by atoms with Gasteiger partial charge in [0, 0.05) is 32.5 Å². The highest BCUT2D eigenvalue weighted by atomic mass is 16.2. The molecule has 26 heavy (non-hydrogen) atoms. The molecule has 0 saturated heterocycles. The first-order valence-corrected chi connectivity index (χ1v) is 8.97. The molecule has 134 valence electrons. The fourth-order valence-electron chi connectivity index (χ4n) is 3.89. The Labute approximate surface area is 151 Å². The molecule has 0 bridgehead atoms. The Balaban J connectivity index is 2.14. The first-order valence-electron chi connectivity index (χ1n) is 8.97. The van der Waals surface area contributed by atoms with Gasteiger partial charge in [0.2, 0.25) is 0 Å². The molecule has 3 heterocycles. The minimum Gasteiger partial charge on any atom is -0.340 e. The average molecular weight is 350 g/mol. The van der Waals surface area contributed by atoms with Gasteiger partial charge < -0.3 is 4.90 Å². The quantitative estimate of drug-likeness (QED) is 0.711. The third-order valence-corrected chi connectivity index (χ3v) is 5.28. The Morgan fingerprint density at radius 2 is 1.88 bits per heavy atom. The standard InChI is InChI=1S/C20H22N4O2/c1-4-13-12-21-18-16(19(25)23(3)20(26)22(18)2)17(13)24-11-7-9-14-8-5-6-10-15(14)24/h5-6,8,10,12H,4,7,9,11H2,1-3H3. The number of aryl methyl sites for hydroxylation is 3. The van der Waals surface area contributed by atoms with E-state index >= 15 is 0 Å². The molecule has 6 nitrogen and oxygen atoms in total. The van der Waals surface area contributed by atoms with E-state index in [1.54, 1.807) is 13.2 Å². The number of hydrogen-bond donors (Lipinski definition) is 0. The van der Waals surface area contributed by atoms with E-state index in [-0.39, 0.29) is 11.2 Å². The van der Waals surface area contributed by atoms with Crippen molar-refractivity contribution in [1.29, 1.82) is 0 Å². The van der Waals surface area contributed by atoms with Gasteiger partial charge in [0.1, 0.15) is 5.39 Å². The molecule has 0 radical (unpaired) electrons. The fraction of sp³-hybridized carbons (Fsp3) is 0.350. The van der Waals surface area contributed by atoms with E-state index in [1.807, 2.05) is 6.07 Å². The average Bonchev–Trinajstić information content (AvgIpc) is 2.69. The molecule has 4 rings (SSSR count). The van der Waals surface area contributed by atoms with Gasteiger partial charge in [-0.3, -0.25) is 13.9 Å². The summed E-state index contributed by atoms with van der Waals surface area (Å²) in [5.41, 5.74) is 4.12. The third-order valence-electron chi connectivity index (χ3n) is 5.28. The van der Waals surface area contributed by atoms with E-state index in [1.165, 1.54) is 21.7 Å². The highest BCUT2D eigenvalue weighted by Gasteiger charge is 2.25. The Morgan fingerprint density at radius 1 is 1.12 bits per heavy atom. The Bertz CT molecular complexity index is 1130. The fourth-order valence-corrected chi connectivity index (χ4v) is 3.89. The first kappa shape index (κ1) is 16.6. The van der Waals surface area contributed by atoms with Crippen LogP contribution in [-0.2, 0) is 26.9 Å². The summed E-state index contributed by atoms with van der Waals surface area (Å²) < 4.78 is 2.62. The highest BCUT2D eigenvalue weighted by molar-refractivity contribution is 5.93. The van der Waals surface area contributed by atoms with E-state index in [0.717, 1.165) is 42.7 Å². The van der Waals surface area contributed by atoms with Gasteiger partial charge in [-0.1, -0.05) is 25.1 Å². The lowest BCUT2D eigenvalue weighted by molar-refractivity contribution is 0.705. The van der Waals surface area contributed by atoms with E-state index in [2.05, 4.69) is 35.0 Å². The SMILES string of the molecule is CCc1cnc2c(c1N1CCCc3ccccc31)c(=O)n(C)c(=O)n2C. The maximum atomic E-state index is 13.0. The van der Waals surface area contributed by atoms with Gasteiger partial charge in [-0.2, -0.15) is 0 Å². The number of fused-ring (bicyclic) bond motifs is 2. The van der Waals surface area contributed by atoms with Crippen molar-refractivity contribution in [2.24, 2.45) is 14.1 Å². The highest BCUT2D eigenvalue weighted by Crippen LogP contribution is 2.37. The molecule has 3 aromatic rings. The van der Waals surface area contributed by atoms with Gasteiger partial charge >= 0.3 is 5.69 Å². The zero-order valence-corrected chi connectivity index (χ0v) is 15.3. The molecule has 6 heteroatoms. The lowest BCUT2D eigenvalue weighted by Crippen LogP contribution is -2.38. The van der Waals surface area contributed by atoms with Crippen LogP contribution in [0.15, 0.2) is 40.1 Å². The molecular formula is C20H22N4O2. The van der Waals surface area contributed by atoms with Gasteiger partial charge in [-0.05, 0) is 36.5 Å². The van der Waals surface area contributed by atoms with Crippen molar-refractivity contribution in [2.45, 2.75) is 26.2 Å². The normalized spacial score (nSPS) is 13.9. The lowest BCUT2D eigenvalue weighted by atomic mass is 9.99. The number of nitrogens with zero attached hydrogens (tertiary/aromatic N) is 4.